The number of aromatic nitrogens is 1. The molecule has 0 aliphatic rings. The van der Waals surface area contributed by atoms with Crippen molar-refractivity contribution in [3.8, 4) is 5.88 Å². The minimum absolute atomic E-state index is 0.419. The van der Waals surface area contributed by atoms with Crippen molar-refractivity contribution in [1.29, 1.82) is 0 Å². The SMILES string of the molecule is CCCCCC(C)NC(=NCc1cccc(OC)n1)NCC. The summed E-state index contributed by atoms with van der Waals surface area (Å²) in [7, 11) is 1.62. The normalized spacial score (nSPS) is 12.8. The summed E-state index contributed by atoms with van der Waals surface area (Å²) in [5.41, 5.74) is 0.898. The Morgan fingerprint density at radius 2 is 2.14 bits per heavy atom. The second-order valence-electron chi connectivity index (χ2n) is 5.41. The lowest BCUT2D eigenvalue weighted by atomic mass is 10.1. The highest BCUT2D eigenvalue weighted by Crippen LogP contribution is 2.07. The van der Waals surface area contributed by atoms with E-state index in [9.17, 15) is 0 Å². The Morgan fingerprint density at radius 3 is 2.82 bits per heavy atom. The van der Waals surface area contributed by atoms with E-state index in [1.807, 2.05) is 18.2 Å². The summed E-state index contributed by atoms with van der Waals surface area (Å²) >= 11 is 0. The fourth-order valence-corrected chi connectivity index (χ4v) is 2.15. The Bertz CT molecular complexity index is 448. The van der Waals surface area contributed by atoms with Crippen molar-refractivity contribution in [3.05, 3.63) is 23.9 Å². The van der Waals surface area contributed by atoms with Crippen LogP contribution in [0.2, 0.25) is 0 Å². The van der Waals surface area contributed by atoms with Crippen LogP contribution in [-0.2, 0) is 6.54 Å². The molecule has 0 saturated carbocycles. The molecule has 124 valence electrons. The van der Waals surface area contributed by atoms with Crippen molar-refractivity contribution in [3.63, 3.8) is 0 Å². The van der Waals surface area contributed by atoms with Gasteiger partial charge in [0.1, 0.15) is 0 Å². The lowest BCUT2D eigenvalue weighted by molar-refractivity contribution is 0.396. The molecule has 0 fully saturated rings. The average Bonchev–Trinajstić information content (AvgIpc) is 2.53. The number of ether oxygens (including phenoxy) is 1. The van der Waals surface area contributed by atoms with Gasteiger partial charge in [-0.3, -0.25) is 0 Å². The number of hydrogen-bond donors (Lipinski definition) is 2. The van der Waals surface area contributed by atoms with Gasteiger partial charge in [-0.2, -0.15) is 0 Å². The molecule has 1 unspecified atom stereocenters. The molecule has 1 aromatic heterocycles. The van der Waals surface area contributed by atoms with Crippen molar-refractivity contribution >= 4 is 5.96 Å². The maximum atomic E-state index is 5.14. The Morgan fingerprint density at radius 1 is 1.32 bits per heavy atom. The number of rotatable bonds is 9. The van der Waals surface area contributed by atoms with Gasteiger partial charge >= 0.3 is 0 Å². The van der Waals surface area contributed by atoms with E-state index >= 15 is 0 Å². The third kappa shape index (κ3) is 7.29. The van der Waals surface area contributed by atoms with E-state index in [0.29, 0.717) is 18.5 Å². The Labute approximate surface area is 134 Å². The quantitative estimate of drug-likeness (QED) is 0.418. The maximum absolute atomic E-state index is 5.14. The zero-order valence-corrected chi connectivity index (χ0v) is 14.4. The fourth-order valence-electron chi connectivity index (χ4n) is 2.15. The van der Waals surface area contributed by atoms with Crippen LogP contribution in [0.4, 0.5) is 0 Å². The summed E-state index contributed by atoms with van der Waals surface area (Å²) in [5, 5.41) is 6.74. The maximum Gasteiger partial charge on any atom is 0.213 e. The number of hydrogen-bond acceptors (Lipinski definition) is 3. The Hall–Kier alpha value is -1.78. The molecule has 0 aliphatic carbocycles. The van der Waals surface area contributed by atoms with Gasteiger partial charge in [-0.1, -0.05) is 32.3 Å². The molecule has 0 aromatic carbocycles. The summed E-state index contributed by atoms with van der Waals surface area (Å²) in [5.74, 6) is 1.47. The minimum atomic E-state index is 0.419. The molecule has 5 nitrogen and oxygen atoms in total. The summed E-state index contributed by atoms with van der Waals surface area (Å²) in [6.45, 7) is 7.88. The van der Waals surface area contributed by atoms with Crippen LogP contribution >= 0.6 is 0 Å². The molecule has 1 rings (SSSR count). The highest BCUT2D eigenvalue weighted by molar-refractivity contribution is 5.80. The lowest BCUT2D eigenvalue weighted by Gasteiger charge is -2.17. The molecule has 5 heteroatoms. The van der Waals surface area contributed by atoms with Gasteiger partial charge in [-0.25, -0.2) is 9.98 Å². The first kappa shape index (κ1) is 18.3. The number of unbranched alkanes of at least 4 members (excludes halogenated alkanes) is 2. The number of pyridine rings is 1. The molecule has 0 amide bonds. The molecular formula is C17H30N4O. The Balaban J connectivity index is 2.56. The second-order valence-corrected chi connectivity index (χ2v) is 5.41. The molecule has 0 aliphatic heterocycles. The van der Waals surface area contributed by atoms with Crippen LogP contribution in [0, 0.1) is 0 Å². The van der Waals surface area contributed by atoms with Gasteiger partial charge in [0.25, 0.3) is 0 Å². The van der Waals surface area contributed by atoms with Crippen LogP contribution in [-0.4, -0.2) is 30.6 Å². The predicted octanol–water partition coefficient (Wildman–Crippen LogP) is 3.11. The standard InChI is InChI=1S/C17H30N4O/c1-5-7-8-10-14(3)20-17(18-6-2)19-13-15-11-9-12-16(21-15)22-4/h9,11-12,14H,5-8,10,13H2,1-4H3,(H2,18,19,20). The Kier molecular flexibility index (Phi) is 9.03. The molecule has 0 radical (unpaired) electrons. The monoisotopic (exact) mass is 306 g/mol. The van der Waals surface area contributed by atoms with Crippen LogP contribution in [0.15, 0.2) is 23.2 Å². The number of aliphatic imine (C=N–C) groups is 1. The molecular weight excluding hydrogens is 276 g/mol. The van der Waals surface area contributed by atoms with Crippen molar-refractivity contribution < 1.29 is 4.74 Å². The van der Waals surface area contributed by atoms with Crippen LogP contribution in [0.5, 0.6) is 5.88 Å². The molecule has 2 N–H and O–H groups in total. The zero-order chi connectivity index (χ0) is 16.2. The highest BCUT2D eigenvalue weighted by atomic mass is 16.5. The van der Waals surface area contributed by atoms with E-state index in [1.54, 1.807) is 7.11 Å². The van der Waals surface area contributed by atoms with E-state index < -0.39 is 0 Å². The first-order valence-corrected chi connectivity index (χ1v) is 8.24. The van der Waals surface area contributed by atoms with Crippen molar-refractivity contribution in [1.82, 2.24) is 15.6 Å². The van der Waals surface area contributed by atoms with E-state index in [4.69, 9.17) is 4.74 Å². The van der Waals surface area contributed by atoms with E-state index in [1.165, 1.54) is 19.3 Å². The van der Waals surface area contributed by atoms with Gasteiger partial charge in [0.05, 0.1) is 19.3 Å². The third-order valence-corrected chi connectivity index (χ3v) is 3.36. The largest absolute Gasteiger partial charge is 0.481 e. The van der Waals surface area contributed by atoms with Gasteiger partial charge in [0, 0.05) is 18.7 Å². The summed E-state index contributed by atoms with van der Waals surface area (Å²) in [4.78, 5) is 8.98. The van der Waals surface area contributed by atoms with E-state index in [-0.39, 0.29) is 0 Å². The first-order chi connectivity index (χ1) is 10.7. The van der Waals surface area contributed by atoms with E-state index in [0.717, 1.165) is 24.6 Å². The highest BCUT2D eigenvalue weighted by Gasteiger charge is 2.05. The molecule has 0 saturated heterocycles. The predicted molar refractivity (Wildman–Crippen MR) is 92.3 cm³/mol. The van der Waals surface area contributed by atoms with Crippen molar-refractivity contribution in [2.24, 2.45) is 4.99 Å². The van der Waals surface area contributed by atoms with Crippen LogP contribution < -0.4 is 15.4 Å². The number of methoxy groups -OCH3 is 1. The van der Waals surface area contributed by atoms with Crippen LogP contribution in [0.1, 0.15) is 52.1 Å². The van der Waals surface area contributed by atoms with E-state index in [2.05, 4.69) is 41.4 Å². The number of nitrogens with one attached hydrogen (secondary N) is 2. The molecule has 1 atom stereocenters. The topological polar surface area (TPSA) is 58.5 Å². The summed E-state index contributed by atoms with van der Waals surface area (Å²) in [6, 6.07) is 6.15. The van der Waals surface area contributed by atoms with Crippen molar-refractivity contribution in [2.75, 3.05) is 13.7 Å². The third-order valence-electron chi connectivity index (χ3n) is 3.36. The molecule has 0 spiro atoms. The summed E-state index contributed by atoms with van der Waals surface area (Å²) < 4.78 is 5.14. The second kappa shape index (κ2) is 10.9. The van der Waals surface area contributed by atoms with Gasteiger partial charge in [-0.15, -0.1) is 0 Å². The average molecular weight is 306 g/mol. The number of nitrogens with zero attached hydrogens (tertiary/aromatic N) is 2. The van der Waals surface area contributed by atoms with Crippen LogP contribution in [0.25, 0.3) is 0 Å². The fraction of sp³-hybridized carbons (Fsp3) is 0.647. The molecule has 22 heavy (non-hydrogen) atoms. The first-order valence-electron chi connectivity index (χ1n) is 8.24. The smallest absolute Gasteiger partial charge is 0.213 e. The van der Waals surface area contributed by atoms with Crippen LogP contribution in [0.3, 0.4) is 0 Å². The van der Waals surface area contributed by atoms with Gasteiger partial charge in [0.15, 0.2) is 5.96 Å². The molecule has 1 heterocycles. The van der Waals surface area contributed by atoms with Gasteiger partial charge < -0.3 is 15.4 Å². The van der Waals surface area contributed by atoms with Gasteiger partial charge in [-0.05, 0) is 26.3 Å². The minimum Gasteiger partial charge on any atom is -0.481 e. The molecule has 1 aromatic rings. The lowest BCUT2D eigenvalue weighted by Crippen LogP contribution is -2.42. The zero-order valence-electron chi connectivity index (χ0n) is 14.4. The van der Waals surface area contributed by atoms with Crippen molar-refractivity contribution in [2.45, 2.75) is 59.0 Å². The molecule has 0 bridgehead atoms. The number of guanidine groups is 1. The van der Waals surface area contributed by atoms with Gasteiger partial charge in [0.2, 0.25) is 5.88 Å². The summed E-state index contributed by atoms with van der Waals surface area (Å²) in [6.07, 6.45) is 4.95.